The van der Waals surface area contributed by atoms with E-state index < -0.39 is 0 Å². The van der Waals surface area contributed by atoms with Gasteiger partial charge in [0.1, 0.15) is 5.75 Å². The lowest BCUT2D eigenvalue weighted by Crippen LogP contribution is -2.36. The van der Waals surface area contributed by atoms with Crippen molar-refractivity contribution in [3.05, 3.63) is 24.3 Å². The molecule has 1 amide bonds. The quantitative estimate of drug-likeness (QED) is 0.870. The number of hydrogen-bond donors (Lipinski definition) is 1. The van der Waals surface area contributed by atoms with Crippen LogP contribution in [0.2, 0.25) is 0 Å². The molecule has 2 N–H and O–H groups in total. The van der Waals surface area contributed by atoms with Crippen LogP contribution in [0.3, 0.4) is 0 Å². The van der Waals surface area contributed by atoms with Crippen molar-refractivity contribution in [1.82, 2.24) is 0 Å². The second-order valence-corrected chi connectivity index (χ2v) is 4.77. The van der Waals surface area contributed by atoms with E-state index in [1.54, 1.807) is 19.1 Å². The molecule has 0 saturated carbocycles. The second-order valence-electron chi connectivity index (χ2n) is 4.77. The van der Waals surface area contributed by atoms with Crippen molar-refractivity contribution in [2.75, 3.05) is 19.1 Å². The monoisotopic (exact) mass is 250 g/mol. The molecule has 1 aromatic carbocycles. The Morgan fingerprint density at radius 3 is 2.67 bits per heavy atom. The minimum absolute atomic E-state index is 0.0180. The minimum atomic E-state index is -0.106. The summed E-state index contributed by atoms with van der Waals surface area (Å²) in [5.74, 6) is 1.05. The number of hydrogen-bond acceptors (Lipinski definition) is 3. The van der Waals surface area contributed by atoms with Gasteiger partial charge in [0.2, 0.25) is 5.91 Å². The van der Waals surface area contributed by atoms with Gasteiger partial charge in [0, 0.05) is 31.3 Å². The summed E-state index contributed by atoms with van der Waals surface area (Å²) in [5.41, 5.74) is 6.73. The van der Waals surface area contributed by atoms with Crippen molar-refractivity contribution in [2.24, 2.45) is 11.7 Å². The predicted octanol–water partition coefficient (Wildman–Crippen LogP) is 2.03. The van der Waals surface area contributed by atoms with E-state index in [1.165, 1.54) is 0 Å². The van der Waals surface area contributed by atoms with Gasteiger partial charge >= 0.3 is 0 Å². The van der Waals surface area contributed by atoms with Crippen molar-refractivity contribution in [3.63, 3.8) is 0 Å². The Labute approximate surface area is 109 Å². The smallest absolute Gasteiger partial charge is 0.228 e. The Morgan fingerprint density at radius 2 is 2.11 bits per heavy atom. The number of carbonyl (C=O) groups excluding carboxylic acids is 1. The summed E-state index contributed by atoms with van der Waals surface area (Å²) in [6.45, 7) is 4.03. The lowest BCUT2D eigenvalue weighted by molar-refractivity contribution is -0.118. The van der Waals surface area contributed by atoms with Crippen molar-refractivity contribution in [2.45, 2.75) is 26.3 Å². The van der Waals surface area contributed by atoms with E-state index in [4.69, 9.17) is 10.5 Å². The average molecular weight is 250 g/mol. The van der Waals surface area contributed by atoms with Crippen LogP contribution < -0.4 is 15.4 Å². The highest BCUT2D eigenvalue weighted by Gasteiger charge is 2.17. The lowest BCUT2D eigenvalue weighted by Gasteiger charge is -2.21. The van der Waals surface area contributed by atoms with Gasteiger partial charge in [-0.25, -0.2) is 0 Å². The fourth-order valence-corrected chi connectivity index (χ4v) is 1.54. The highest BCUT2D eigenvalue weighted by atomic mass is 16.5. The van der Waals surface area contributed by atoms with E-state index in [0.717, 1.165) is 11.4 Å². The zero-order valence-corrected chi connectivity index (χ0v) is 11.5. The summed E-state index contributed by atoms with van der Waals surface area (Å²) in [6.07, 6.45) is 0.353. The largest absolute Gasteiger partial charge is 0.497 e. The first kappa shape index (κ1) is 14.5. The number of anilines is 1. The van der Waals surface area contributed by atoms with Gasteiger partial charge in [0.25, 0.3) is 0 Å². The third-order valence-electron chi connectivity index (χ3n) is 3.08. The molecule has 0 heterocycles. The molecule has 0 radical (unpaired) electrons. The summed E-state index contributed by atoms with van der Waals surface area (Å²) < 4.78 is 5.14. The van der Waals surface area contributed by atoms with Crippen LogP contribution in [0, 0.1) is 5.92 Å². The first-order valence-electron chi connectivity index (χ1n) is 6.12. The third-order valence-corrected chi connectivity index (χ3v) is 3.08. The number of benzene rings is 1. The maximum Gasteiger partial charge on any atom is 0.228 e. The molecule has 18 heavy (non-hydrogen) atoms. The summed E-state index contributed by atoms with van der Waals surface area (Å²) in [6, 6.07) is 7.31. The lowest BCUT2D eigenvalue weighted by atomic mass is 10.0. The van der Waals surface area contributed by atoms with Crippen LogP contribution in [-0.4, -0.2) is 26.1 Å². The number of ether oxygens (including phenoxy) is 1. The molecule has 0 bridgehead atoms. The van der Waals surface area contributed by atoms with Gasteiger partial charge in [-0.3, -0.25) is 4.79 Å². The average Bonchev–Trinajstić information content (AvgIpc) is 2.37. The molecule has 4 nitrogen and oxygen atoms in total. The van der Waals surface area contributed by atoms with E-state index in [9.17, 15) is 4.79 Å². The number of amides is 1. The molecule has 4 heteroatoms. The maximum absolute atomic E-state index is 12.1. The summed E-state index contributed by atoms with van der Waals surface area (Å²) in [5, 5.41) is 0. The molecule has 0 aliphatic heterocycles. The topological polar surface area (TPSA) is 55.6 Å². The number of nitrogens with two attached hydrogens (primary N) is 1. The zero-order valence-electron chi connectivity index (χ0n) is 11.5. The number of rotatable bonds is 5. The van der Waals surface area contributed by atoms with E-state index in [-0.39, 0.29) is 11.9 Å². The van der Waals surface area contributed by atoms with Crippen LogP contribution in [0.4, 0.5) is 5.69 Å². The van der Waals surface area contributed by atoms with Gasteiger partial charge in [0.05, 0.1) is 7.11 Å². The summed E-state index contributed by atoms with van der Waals surface area (Å²) in [7, 11) is 3.36. The Morgan fingerprint density at radius 1 is 1.44 bits per heavy atom. The highest BCUT2D eigenvalue weighted by molar-refractivity contribution is 5.93. The van der Waals surface area contributed by atoms with Crippen LogP contribution in [0.5, 0.6) is 5.75 Å². The van der Waals surface area contributed by atoms with Crippen molar-refractivity contribution in [1.29, 1.82) is 0 Å². The van der Waals surface area contributed by atoms with Crippen LogP contribution in [-0.2, 0) is 4.79 Å². The fourth-order valence-electron chi connectivity index (χ4n) is 1.54. The van der Waals surface area contributed by atoms with Gasteiger partial charge in [0.15, 0.2) is 0 Å². The molecule has 1 rings (SSSR count). The summed E-state index contributed by atoms with van der Waals surface area (Å²) >= 11 is 0. The normalized spacial score (nSPS) is 12.3. The summed E-state index contributed by atoms with van der Waals surface area (Å²) in [4.78, 5) is 13.7. The van der Waals surface area contributed by atoms with Gasteiger partial charge in [-0.1, -0.05) is 19.9 Å². The van der Waals surface area contributed by atoms with Crippen molar-refractivity contribution in [3.8, 4) is 5.75 Å². The Bertz CT molecular complexity index is 405. The van der Waals surface area contributed by atoms with Crippen molar-refractivity contribution >= 4 is 11.6 Å². The molecule has 0 spiro atoms. The van der Waals surface area contributed by atoms with Crippen LogP contribution in [0.1, 0.15) is 20.3 Å². The van der Waals surface area contributed by atoms with E-state index >= 15 is 0 Å². The van der Waals surface area contributed by atoms with E-state index in [0.29, 0.717) is 12.3 Å². The molecule has 1 unspecified atom stereocenters. The van der Waals surface area contributed by atoms with Crippen molar-refractivity contribution < 1.29 is 9.53 Å². The minimum Gasteiger partial charge on any atom is -0.497 e. The van der Waals surface area contributed by atoms with Crippen LogP contribution >= 0.6 is 0 Å². The molecule has 0 fully saturated rings. The van der Waals surface area contributed by atoms with Crippen LogP contribution in [0.15, 0.2) is 24.3 Å². The molecule has 1 aromatic rings. The zero-order chi connectivity index (χ0) is 13.7. The maximum atomic E-state index is 12.1. The molecule has 0 saturated heterocycles. The number of carbonyl (C=O) groups is 1. The predicted molar refractivity (Wildman–Crippen MR) is 73.8 cm³/mol. The van der Waals surface area contributed by atoms with Gasteiger partial charge in [-0.2, -0.15) is 0 Å². The molecular formula is C14H22N2O2. The highest BCUT2D eigenvalue weighted by Crippen LogP contribution is 2.20. The molecule has 0 aliphatic carbocycles. The number of nitrogens with zero attached hydrogens (tertiary/aromatic N) is 1. The van der Waals surface area contributed by atoms with Gasteiger partial charge < -0.3 is 15.4 Å². The molecule has 1 atom stereocenters. The first-order chi connectivity index (χ1) is 8.45. The molecular weight excluding hydrogens is 228 g/mol. The Kier molecular flexibility index (Phi) is 5.16. The van der Waals surface area contributed by atoms with Gasteiger partial charge in [-0.15, -0.1) is 0 Å². The molecule has 100 valence electrons. The Hall–Kier alpha value is -1.55. The molecule has 0 aliphatic rings. The number of methoxy groups -OCH3 is 1. The van der Waals surface area contributed by atoms with E-state index in [2.05, 4.69) is 0 Å². The Balaban J connectivity index is 2.73. The van der Waals surface area contributed by atoms with E-state index in [1.807, 2.05) is 38.1 Å². The van der Waals surface area contributed by atoms with Crippen LogP contribution in [0.25, 0.3) is 0 Å². The third kappa shape index (κ3) is 3.74. The molecule has 0 aromatic heterocycles. The standard InChI is InChI=1S/C14H22N2O2/c1-10(2)13(15)9-14(17)16(3)11-6-5-7-12(8-11)18-4/h5-8,10,13H,9,15H2,1-4H3. The second kappa shape index (κ2) is 6.40. The van der Waals surface area contributed by atoms with Gasteiger partial charge in [-0.05, 0) is 18.1 Å². The first-order valence-corrected chi connectivity index (χ1v) is 6.12. The SMILES string of the molecule is COc1cccc(N(C)C(=O)CC(N)C(C)C)c1. The fraction of sp³-hybridized carbons (Fsp3) is 0.500.